The molecular weight excluding hydrogens is 434 g/mol. The lowest BCUT2D eigenvalue weighted by atomic mass is 9.97. The van der Waals surface area contributed by atoms with Gasteiger partial charge in [0, 0.05) is 36.3 Å². The number of hydrogen-bond donors (Lipinski definition) is 2. The maximum Gasteiger partial charge on any atom is 0.132 e. The van der Waals surface area contributed by atoms with Gasteiger partial charge in [0.2, 0.25) is 0 Å². The van der Waals surface area contributed by atoms with Crippen LogP contribution in [0.25, 0.3) is 69.3 Å². The zero-order valence-corrected chi connectivity index (χ0v) is 19.0. The summed E-state index contributed by atoms with van der Waals surface area (Å²) in [6, 6.07) is 32.7. The number of fused-ring (bicyclic) bond motifs is 8. The summed E-state index contributed by atoms with van der Waals surface area (Å²) in [5.74, 6) is 0.615. The molecule has 0 bridgehead atoms. The van der Waals surface area contributed by atoms with Crippen LogP contribution in [-0.2, 0) is 0 Å². The first-order valence-electron chi connectivity index (χ1n) is 11.4. The molecule has 4 heteroatoms. The summed E-state index contributed by atoms with van der Waals surface area (Å²) in [4.78, 5) is 0. The number of rotatable bonds is 1. The van der Waals surface area contributed by atoms with Crippen molar-refractivity contribution in [1.29, 1.82) is 0 Å². The Balaban J connectivity index is 1.58. The molecule has 3 aromatic heterocycles. The number of benzene rings is 5. The summed E-state index contributed by atoms with van der Waals surface area (Å²) in [6.07, 6.45) is 0. The summed E-state index contributed by atoms with van der Waals surface area (Å²) < 4.78 is 4.74. The molecule has 3 heterocycles. The van der Waals surface area contributed by atoms with Crippen LogP contribution < -0.4 is 11.5 Å². The SMILES string of the molecule is Nc1c(N)n2c3ccc4sc5ccccc5c4c3c3cc(-c4ccc5ccccc5c4)cc1c32. The Morgan fingerprint density at radius 2 is 1.38 bits per heavy atom. The van der Waals surface area contributed by atoms with E-state index in [4.69, 9.17) is 11.5 Å². The topological polar surface area (TPSA) is 56.5 Å². The molecule has 0 aliphatic rings. The minimum absolute atomic E-state index is 0.615. The molecule has 0 unspecified atom stereocenters. The largest absolute Gasteiger partial charge is 0.395 e. The van der Waals surface area contributed by atoms with E-state index >= 15 is 0 Å². The van der Waals surface area contributed by atoms with E-state index in [2.05, 4.69) is 95.4 Å². The molecule has 160 valence electrons. The van der Waals surface area contributed by atoms with Crippen molar-refractivity contribution < 1.29 is 0 Å². The number of nitrogens with zero attached hydrogens (tertiary/aromatic N) is 1. The zero-order valence-electron chi connectivity index (χ0n) is 18.2. The van der Waals surface area contributed by atoms with Crippen molar-refractivity contribution >= 4 is 81.0 Å². The normalized spacial score (nSPS) is 12.4. The van der Waals surface area contributed by atoms with E-state index in [1.54, 1.807) is 0 Å². The predicted molar refractivity (Wildman–Crippen MR) is 148 cm³/mol. The monoisotopic (exact) mass is 453 g/mol. The predicted octanol–water partition coefficient (Wildman–Crippen LogP) is 8.04. The molecule has 0 atom stereocenters. The van der Waals surface area contributed by atoms with Crippen molar-refractivity contribution in [3.05, 3.63) is 91.0 Å². The molecule has 0 amide bonds. The maximum absolute atomic E-state index is 6.61. The molecule has 5 aromatic carbocycles. The molecule has 0 radical (unpaired) electrons. The first kappa shape index (κ1) is 18.2. The summed E-state index contributed by atoms with van der Waals surface area (Å²) in [5.41, 5.74) is 18.4. The quantitative estimate of drug-likeness (QED) is 0.264. The minimum atomic E-state index is 0.615. The van der Waals surface area contributed by atoms with Gasteiger partial charge in [-0.15, -0.1) is 11.3 Å². The Hall–Kier alpha value is -4.28. The Labute approximate surface area is 198 Å². The number of nitrogen functional groups attached to an aromatic ring is 2. The van der Waals surface area contributed by atoms with Crippen molar-refractivity contribution in [1.82, 2.24) is 4.40 Å². The van der Waals surface area contributed by atoms with Crippen LogP contribution in [0.2, 0.25) is 0 Å². The summed E-state index contributed by atoms with van der Waals surface area (Å²) >= 11 is 1.84. The van der Waals surface area contributed by atoms with Crippen molar-refractivity contribution in [3.63, 3.8) is 0 Å². The molecule has 0 fully saturated rings. The van der Waals surface area contributed by atoms with E-state index in [-0.39, 0.29) is 0 Å². The molecule has 8 rings (SSSR count). The van der Waals surface area contributed by atoms with Crippen LogP contribution in [0.3, 0.4) is 0 Å². The van der Waals surface area contributed by atoms with Gasteiger partial charge in [0.05, 0.1) is 16.7 Å². The van der Waals surface area contributed by atoms with Crippen LogP contribution >= 0.6 is 11.3 Å². The molecule has 0 spiro atoms. The fourth-order valence-corrected chi connectivity index (χ4v) is 6.81. The zero-order chi connectivity index (χ0) is 22.6. The van der Waals surface area contributed by atoms with Crippen molar-refractivity contribution in [2.45, 2.75) is 0 Å². The highest BCUT2D eigenvalue weighted by Crippen LogP contribution is 2.47. The summed E-state index contributed by atoms with van der Waals surface area (Å²) in [5, 5.41) is 8.54. The Morgan fingerprint density at radius 3 is 2.29 bits per heavy atom. The van der Waals surface area contributed by atoms with Gasteiger partial charge in [0.15, 0.2) is 0 Å². The first-order chi connectivity index (χ1) is 16.7. The molecule has 0 saturated carbocycles. The van der Waals surface area contributed by atoms with E-state index < -0.39 is 0 Å². The van der Waals surface area contributed by atoms with E-state index in [1.165, 1.54) is 47.3 Å². The van der Waals surface area contributed by atoms with Crippen LogP contribution in [-0.4, -0.2) is 4.40 Å². The highest BCUT2D eigenvalue weighted by Gasteiger charge is 2.22. The van der Waals surface area contributed by atoms with E-state index in [0.29, 0.717) is 11.5 Å². The smallest absolute Gasteiger partial charge is 0.132 e. The van der Waals surface area contributed by atoms with Gasteiger partial charge >= 0.3 is 0 Å². The average Bonchev–Trinajstić information content (AvgIpc) is 3.50. The van der Waals surface area contributed by atoms with Gasteiger partial charge in [-0.1, -0.05) is 54.6 Å². The highest BCUT2D eigenvalue weighted by molar-refractivity contribution is 7.26. The van der Waals surface area contributed by atoms with Gasteiger partial charge in [-0.2, -0.15) is 0 Å². The fraction of sp³-hybridized carbons (Fsp3) is 0. The lowest BCUT2D eigenvalue weighted by Gasteiger charge is -2.07. The number of anilines is 2. The van der Waals surface area contributed by atoms with Gasteiger partial charge < -0.3 is 11.5 Å². The van der Waals surface area contributed by atoms with E-state index in [1.807, 2.05) is 11.3 Å². The third-order valence-corrected chi connectivity index (χ3v) is 8.39. The average molecular weight is 454 g/mol. The van der Waals surface area contributed by atoms with Crippen molar-refractivity contribution in [2.75, 3.05) is 11.5 Å². The van der Waals surface area contributed by atoms with Crippen molar-refractivity contribution in [2.24, 2.45) is 0 Å². The molecule has 0 aliphatic carbocycles. The lowest BCUT2D eigenvalue weighted by Crippen LogP contribution is -1.95. The molecule has 34 heavy (non-hydrogen) atoms. The molecule has 4 N–H and O–H groups in total. The maximum atomic E-state index is 6.61. The number of aromatic nitrogens is 1. The third-order valence-electron chi connectivity index (χ3n) is 7.26. The molecular formula is C30H19N3S. The van der Waals surface area contributed by atoms with Crippen LogP contribution in [0.15, 0.2) is 91.0 Å². The van der Waals surface area contributed by atoms with Gasteiger partial charge in [-0.05, 0) is 58.3 Å². The fourth-order valence-electron chi connectivity index (χ4n) is 5.70. The highest BCUT2D eigenvalue weighted by atomic mass is 32.1. The third kappa shape index (κ3) is 2.16. The molecule has 8 aromatic rings. The summed E-state index contributed by atoms with van der Waals surface area (Å²) in [7, 11) is 0. The standard InChI is InChI=1S/C30H19N3S/c31-28-22-15-19(18-10-9-16-5-1-2-6-17(16)13-18)14-21-26-23(33(29(21)22)30(28)32)11-12-25-27(26)20-7-3-4-8-24(20)34-25/h1-15H,31-32H2. The lowest BCUT2D eigenvalue weighted by molar-refractivity contribution is 1.31. The number of thiophene rings is 1. The second kappa shape index (κ2) is 6.19. The Kier molecular flexibility index (Phi) is 3.31. The van der Waals surface area contributed by atoms with Crippen LogP contribution in [0.1, 0.15) is 0 Å². The van der Waals surface area contributed by atoms with Crippen LogP contribution in [0, 0.1) is 0 Å². The van der Waals surface area contributed by atoms with E-state index in [0.717, 1.165) is 22.0 Å². The van der Waals surface area contributed by atoms with Gasteiger partial charge in [0.25, 0.3) is 0 Å². The molecule has 3 nitrogen and oxygen atoms in total. The second-order valence-electron chi connectivity index (χ2n) is 9.05. The Morgan fingerprint density at radius 1 is 0.588 bits per heavy atom. The van der Waals surface area contributed by atoms with E-state index in [9.17, 15) is 0 Å². The summed E-state index contributed by atoms with van der Waals surface area (Å²) in [6.45, 7) is 0. The first-order valence-corrected chi connectivity index (χ1v) is 12.2. The van der Waals surface area contributed by atoms with Gasteiger partial charge in [-0.25, -0.2) is 0 Å². The molecule has 0 aliphatic heterocycles. The molecule has 0 saturated heterocycles. The Bertz CT molecular complexity index is 2090. The second-order valence-corrected chi connectivity index (χ2v) is 10.1. The van der Waals surface area contributed by atoms with Gasteiger partial charge in [-0.3, -0.25) is 4.40 Å². The minimum Gasteiger partial charge on any atom is -0.395 e. The van der Waals surface area contributed by atoms with Crippen LogP contribution in [0.4, 0.5) is 11.5 Å². The van der Waals surface area contributed by atoms with Gasteiger partial charge in [0.1, 0.15) is 5.82 Å². The number of nitrogens with two attached hydrogens (primary N) is 2. The van der Waals surface area contributed by atoms with Crippen LogP contribution in [0.5, 0.6) is 0 Å². The number of hydrogen-bond acceptors (Lipinski definition) is 3. The van der Waals surface area contributed by atoms with Crippen molar-refractivity contribution in [3.8, 4) is 11.1 Å².